The third-order valence-corrected chi connectivity index (χ3v) is 5.84. The van der Waals surface area contributed by atoms with Crippen LogP contribution < -0.4 is 23.4 Å². The highest BCUT2D eigenvalue weighted by molar-refractivity contribution is 7.99. The van der Waals surface area contributed by atoms with Crippen LogP contribution in [0.3, 0.4) is 0 Å². The highest BCUT2D eigenvalue weighted by Gasteiger charge is 2.09. The largest absolute Gasteiger partial charge is 1.00 e. The molecule has 10 heteroatoms. The van der Waals surface area contributed by atoms with Crippen molar-refractivity contribution in [2.24, 2.45) is 14.1 Å². The fraction of sp³-hybridized carbons (Fsp3) is 0.300. The van der Waals surface area contributed by atoms with Crippen molar-refractivity contribution in [3.05, 3.63) is 64.6 Å². The molecule has 4 rings (SSSR count). The summed E-state index contributed by atoms with van der Waals surface area (Å²) in [4.78, 5) is 12.0. The lowest BCUT2D eigenvalue weighted by Crippen LogP contribution is -3.00. The fourth-order valence-electron chi connectivity index (χ4n) is 3.26. The predicted molar refractivity (Wildman–Crippen MR) is 114 cm³/mol. The molecule has 0 fully saturated rings. The van der Waals surface area contributed by atoms with E-state index >= 15 is 0 Å². The van der Waals surface area contributed by atoms with Crippen molar-refractivity contribution in [2.75, 3.05) is 12.3 Å². The lowest BCUT2D eigenvalue weighted by Gasteiger charge is -2.06. The molecule has 0 spiro atoms. The van der Waals surface area contributed by atoms with Gasteiger partial charge in [-0.2, -0.15) is 4.68 Å². The first kappa shape index (κ1) is 22.1. The number of hydrogen-bond acceptors (Lipinski definition) is 6. The Morgan fingerprint density at radius 3 is 2.60 bits per heavy atom. The molecule has 0 bridgehead atoms. The van der Waals surface area contributed by atoms with E-state index in [1.807, 2.05) is 43.4 Å². The number of imidazole rings is 1. The van der Waals surface area contributed by atoms with Crippen LogP contribution in [-0.2, 0) is 20.6 Å². The van der Waals surface area contributed by atoms with Gasteiger partial charge in [0.15, 0.2) is 0 Å². The van der Waals surface area contributed by atoms with Crippen LogP contribution in [0.2, 0.25) is 0 Å². The summed E-state index contributed by atoms with van der Waals surface area (Å²) in [6, 6.07) is 16.0. The number of benzene rings is 2. The monoisotopic (exact) mass is 444 g/mol. The van der Waals surface area contributed by atoms with Crippen LogP contribution in [0, 0.1) is 0 Å². The molecule has 0 saturated carbocycles. The average molecular weight is 445 g/mol. The zero-order valence-corrected chi connectivity index (χ0v) is 18.4. The molecule has 0 aliphatic rings. The minimum atomic E-state index is -0.0000215. The maximum atomic E-state index is 12.0. The molecule has 2 aromatic heterocycles. The van der Waals surface area contributed by atoms with Crippen LogP contribution >= 0.6 is 11.8 Å². The standard InChI is InChI=1S/C20H23N7OS.ClH/c1-25-17-10-9-15(13-18(17)26(2)20(25)28)14-21-11-6-12-29-19-22-23-24-27(19)16-7-4-3-5-8-16;/h3-5,7-10,13,21H,6,11-12,14H2,1-2H3;1H/p-1. The predicted octanol–water partition coefficient (Wildman–Crippen LogP) is -0.871. The van der Waals surface area contributed by atoms with Crippen molar-refractivity contribution < 1.29 is 12.4 Å². The Labute approximate surface area is 184 Å². The summed E-state index contributed by atoms with van der Waals surface area (Å²) in [6.07, 6.45) is 0.998. The number of aryl methyl sites for hydroxylation is 2. The number of para-hydroxylation sites is 1. The van der Waals surface area contributed by atoms with Crippen LogP contribution in [0.4, 0.5) is 0 Å². The minimum absolute atomic E-state index is 0. The lowest BCUT2D eigenvalue weighted by atomic mass is 10.2. The molecule has 0 amide bonds. The van der Waals surface area contributed by atoms with Crippen LogP contribution in [-0.4, -0.2) is 41.6 Å². The fourth-order valence-corrected chi connectivity index (χ4v) is 4.09. The Morgan fingerprint density at radius 2 is 1.80 bits per heavy atom. The van der Waals surface area contributed by atoms with E-state index < -0.39 is 0 Å². The highest BCUT2D eigenvalue weighted by atomic mass is 35.5. The van der Waals surface area contributed by atoms with E-state index in [0.29, 0.717) is 0 Å². The van der Waals surface area contributed by atoms with Crippen molar-refractivity contribution >= 4 is 22.8 Å². The van der Waals surface area contributed by atoms with Crippen LogP contribution in [0.15, 0.2) is 58.5 Å². The molecule has 2 aromatic carbocycles. The van der Waals surface area contributed by atoms with Crippen LogP contribution in [0.5, 0.6) is 0 Å². The molecule has 1 N–H and O–H groups in total. The van der Waals surface area contributed by atoms with Gasteiger partial charge in [-0.3, -0.25) is 9.13 Å². The SMILES string of the molecule is Cn1c(=O)n(C)c2cc(CNCCCSc3nnnn3-c3ccccc3)ccc21.[Cl-]. The molecule has 0 atom stereocenters. The Kier molecular flexibility index (Phi) is 7.30. The van der Waals surface area contributed by atoms with Gasteiger partial charge in [0.05, 0.1) is 16.7 Å². The maximum absolute atomic E-state index is 12.0. The Bertz CT molecular complexity index is 1170. The van der Waals surface area contributed by atoms with Gasteiger partial charge < -0.3 is 17.7 Å². The van der Waals surface area contributed by atoms with Gasteiger partial charge in [0.25, 0.3) is 0 Å². The second-order valence-corrected chi connectivity index (χ2v) is 7.87. The molecule has 0 saturated heterocycles. The first-order valence-electron chi connectivity index (χ1n) is 9.47. The van der Waals surface area contributed by atoms with Crippen molar-refractivity contribution in [2.45, 2.75) is 18.1 Å². The topological polar surface area (TPSA) is 82.6 Å². The second kappa shape index (κ2) is 9.92. The molecule has 4 aromatic rings. The summed E-state index contributed by atoms with van der Waals surface area (Å²) in [5.41, 5.74) is 4.04. The lowest BCUT2D eigenvalue weighted by molar-refractivity contribution is -0.00000613. The van der Waals surface area contributed by atoms with E-state index in [2.05, 4.69) is 33.0 Å². The number of rotatable bonds is 8. The summed E-state index contributed by atoms with van der Waals surface area (Å²) in [7, 11) is 3.61. The van der Waals surface area contributed by atoms with Gasteiger partial charge in [0, 0.05) is 26.4 Å². The number of nitrogens with zero attached hydrogens (tertiary/aromatic N) is 6. The third kappa shape index (κ3) is 4.58. The van der Waals surface area contributed by atoms with Gasteiger partial charge in [-0.1, -0.05) is 36.0 Å². The first-order valence-corrected chi connectivity index (χ1v) is 10.5. The summed E-state index contributed by atoms with van der Waals surface area (Å²) >= 11 is 1.65. The summed E-state index contributed by atoms with van der Waals surface area (Å²) in [5, 5.41) is 16.3. The number of aromatic nitrogens is 6. The number of halogens is 1. The number of thioether (sulfide) groups is 1. The van der Waals surface area contributed by atoms with Crippen LogP contribution in [0.25, 0.3) is 16.7 Å². The normalized spacial score (nSPS) is 11.0. The number of nitrogens with one attached hydrogen (secondary N) is 1. The molecule has 0 unspecified atom stereocenters. The summed E-state index contributed by atoms with van der Waals surface area (Å²) in [5.74, 6) is 0.923. The van der Waals surface area contributed by atoms with Crippen molar-refractivity contribution in [3.63, 3.8) is 0 Å². The van der Waals surface area contributed by atoms with Gasteiger partial charge in [-0.15, -0.1) is 5.10 Å². The Morgan fingerprint density at radius 1 is 1.03 bits per heavy atom. The van der Waals surface area contributed by atoms with Gasteiger partial charge in [0.2, 0.25) is 5.16 Å². The van der Waals surface area contributed by atoms with E-state index in [0.717, 1.165) is 47.1 Å². The molecule has 30 heavy (non-hydrogen) atoms. The molecule has 8 nitrogen and oxygen atoms in total. The van der Waals surface area contributed by atoms with E-state index in [-0.39, 0.29) is 18.1 Å². The van der Waals surface area contributed by atoms with Crippen molar-refractivity contribution in [1.82, 2.24) is 34.7 Å². The summed E-state index contributed by atoms with van der Waals surface area (Å²) < 4.78 is 5.12. The second-order valence-electron chi connectivity index (χ2n) is 6.81. The zero-order chi connectivity index (χ0) is 20.2. The van der Waals surface area contributed by atoms with Crippen LogP contribution in [0.1, 0.15) is 12.0 Å². The number of fused-ring (bicyclic) bond motifs is 1. The molecular formula is C20H23ClN7OS-. The Hall–Kier alpha value is -2.62. The van der Waals surface area contributed by atoms with E-state index in [1.54, 1.807) is 32.6 Å². The molecule has 2 heterocycles. The quantitative estimate of drug-likeness (QED) is 0.281. The number of tetrazole rings is 1. The Balaban J connectivity index is 0.00000256. The van der Waals surface area contributed by atoms with Gasteiger partial charge in [-0.25, -0.2) is 4.79 Å². The summed E-state index contributed by atoms with van der Waals surface area (Å²) in [6.45, 7) is 1.66. The smallest absolute Gasteiger partial charge is 0.328 e. The highest BCUT2D eigenvalue weighted by Crippen LogP contribution is 2.18. The number of hydrogen-bond donors (Lipinski definition) is 1. The van der Waals surface area contributed by atoms with Gasteiger partial charge >= 0.3 is 5.69 Å². The zero-order valence-electron chi connectivity index (χ0n) is 16.8. The minimum Gasteiger partial charge on any atom is -1.00 e. The average Bonchev–Trinajstić information content (AvgIpc) is 3.30. The molecular weight excluding hydrogens is 422 g/mol. The van der Waals surface area contributed by atoms with Gasteiger partial charge in [-0.05, 0) is 53.2 Å². The first-order chi connectivity index (χ1) is 14.1. The molecule has 158 valence electrons. The third-order valence-electron chi connectivity index (χ3n) is 4.84. The van der Waals surface area contributed by atoms with Gasteiger partial charge in [0.1, 0.15) is 0 Å². The van der Waals surface area contributed by atoms with Crippen molar-refractivity contribution in [3.8, 4) is 5.69 Å². The molecule has 0 aliphatic carbocycles. The molecule has 0 radical (unpaired) electrons. The molecule has 0 aliphatic heterocycles. The van der Waals surface area contributed by atoms with E-state index in [4.69, 9.17) is 0 Å². The van der Waals surface area contributed by atoms with Crippen molar-refractivity contribution in [1.29, 1.82) is 0 Å². The van der Waals surface area contributed by atoms with E-state index in [1.165, 1.54) is 5.56 Å². The maximum Gasteiger partial charge on any atom is 0.328 e. The van der Waals surface area contributed by atoms with E-state index in [9.17, 15) is 4.79 Å².